The first-order valence-corrected chi connectivity index (χ1v) is 9.08. The van der Waals surface area contributed by atoms with Gasteiger partial charge >= 0.3 is 0 Å². The summed E-state index contributed by atoms with van der Waals surface area (Å²) in [4.78, 5) is 8.94. The average Bonchev–Trinajstić information content (AvgIpc) is 3.12. The van der Waals surface area contributed by atoms with Crippen LogP contribution < -0.4 is 4.74 Å². The lowest BCUT2D eigenvalue weighted by Crippen LogP contribution is -2.43. The monoisotopic (exact) mass is 342 g/mol. The van der Waals surface area contributed by atoms with Crippen LogP contribution in [0.25, 0.3) is 0 Å². The van der Waals surface area contributed by atoms with E-state index in [1.165, 1.54) is 31.5 Å². The summed E-state index contributed by atoms with van der Waals surface area (Å²) in [6.07, 6.45) is 3.58. The predicted octanol–water partition coefficient (Wildman–Crippen LogP) is 2.63. The topological polar surface area (TPSA) is 54.6 Å². The van der Waals surface area contributed by atoms with Crippen LogP contribution in [0.4, 0.5) is 0 Å². The number of hydrogen-bond donors (Lipinski definition) is 0. The van der Waals surface area contributed by atoms with Crippen molar-refractivity contribution < 1.29 is 9.26 Å². The number of rotatable bonds is 6. The van der Waals surface area contributed by atoms with Gasteiger partial charge in [-0.3, -0.25) is 9.80 Å². The summed E-state index contributed by atoms with van der Waals surface area (Å²) in [6, 6.07) is 8.51. The molecule has 6 nitrogen and oxygen atoms in total. The first kappa shape index (κ1) is 16.5. The molecule has 2 unspecified atom stereocenters. The van der Waals surface area contributed by atoms with Gasteiger partial charge in [0.25, 0.3) is 0 Å². The highest BCUT2D eigenvalue weighted by atomic mass is 16.5. The second-order valence-corrected chi connectivity index (χ2v) is 7.46. The van der Waals surface area contributed by atoms with Crippen molar-refractivity contribution in [3.8, 4) is 5.75 Å². The summed E-state index contributed by atoms with van der Waals surface area (Å²) in [5.41, 5.74) is 1.30. The van der Waals surface area contributed by atoms with E-state index in [4.69, 9.17) is 9.26 Å². The van der Waals surface area contributed by atoms with E-state index in [0.717, 1.165) is 31.1 Å². The standard InChI is InChI=1S/C19H26N4O2/c1-15-20-18(21-25-15)13-22(2)12-16-4-6-17(7-5-16)24-19-8-3-10-23(14-19)11-9-19/h4-7H,3,8-14H2,1-2H3. The van der Waals surface area contributed by atoms with Crippen LogP contribution in [0.2, 0.25) is 0 Å². The lowest BCUT2D eigenvalue weighted by Gasteiger charge is -2.34. The Hall–Kier alpha value is -1.92. The van der Waals surface area contributed by atoms with Gasteiger partial charge in [0.2, 0.25) is 5.89 Å². The molecule has 134 valence electrons. The molecule has 2 saturated heterocycles. The van der Waals surface area contributed by atoms with Gasteiger partial charge in [0, 0.05) is 33.0 Å². The van der Waals surface area contributed by atoms with Gasteiger partial charge in [0.1, 0.15) is 11.4 Å². The third kappa shape index (κ3) is 3.85. The van der Waals surface area contributed by atoms with Crippen LogP contribution in [-0.4, -0.2) is 52.2 Å². The van der Waals surface area contributed by atoms with Gasteiger partial charge in [-0.1, -0.05) is 17.3 Å². The maximum Gasteiger partial charge on any atom is 0.223 e. The van der Waals surface area contributed by atoms with Gasteiger partial charge in [0.05, 0.1) is 6.54 Å². The van der Waals surface area contributed by atoms with E-state index in [-0.39, 0.29) is 5.60 Å². The SMILES string of the molecule is Cc1nc(CN(C)Cc2ccc(OC34CCCN(CC3)C4)cc2)no1. The molecule has 0 amide bonds. The van der Waals surface area contributed by atoms with Crippen molar-refractivity contribution in [3.63, 3.8) is 0 Å². The highest BCUT2D eigenvalue weighted by Gasteiger charge is 2.42. The molecular formula is C19H26N4O2. The van der Waals surface area contributed by atoms with E-state index in [1.54, 1.807) is 0 Å². The van der Waals surface area contributed by atoms with Crippen LogP contribution in [0.5, 0.6) is 5.75 Å². The number of hydrogen-bond acceptors (Lipinski definition) is 6. The fourth-order valence-electron chi connectivity index (χ4n) is 4.01. The summed E-state index contributed by atoms with van der Waals surface area (Å²) in [5, 5.41) is 3.95. The summed E-state index contributed by atoms with van der Waals surface area (Å²) < 4.78 is 11.4. The highest BCUT2D eigenvalue weighted by molar-refractivity contribution is 5.28. The molecule has 2 atom stereocenters. The zero-order valence-corrected chi connectivity index (χ0v) is 15.1. The molecule has 0 saturated carbocycles. The molecule has 4 rings (SSSR count). The average molecular weight is 342 g/mol. The van der Waals surface area contributed by atoms with Crippen molar-refractivity contribution in [2.75, 3.05) is 26.7 Å². The van der Waals surface area contributed by atoms with Crippen molar-refractivity contribution in [1.82, 2.24) is 19.9 Å². The van der Waals surface area contributed by atoms with Crippen LogP contribution in [0.3, 0.4) is 0 Å². The smallest absolute Gasteiger partial charge is 0.223 e. The van der Waals surface area contributed by atoms with E-state index in [0.29, 0.717) is 12.4 Å². The predicted molar refractivity (Wildman–Crippen MR) is 94.3 cm³/mol. The molecule has 2 aliphatic heterocycles. The van der Waals surface area contributed by atoms with E-state index < -0.39 is 0 Å². The lowest BCUT2D eigenvalue weighted by molar-refractivity contribution is 0.0453. The molecule has 2 aromatic rings. The second-order valence-electron chi connectivity index (χ2n) is 7.46. The first-order valence-electron chi connectivity index (χ1n) is 9.08. The van der Waals surface area contributed by atoms with Crippen LogP contribution in [0.1, 0.15) is 36.5 Å². The van der Waals surface area contributed by atoms with Gasteiger partial charge in [-0.15, -0.1) is 0 Å². The van der Waals surface area contributed by atoms with Crippen LogP contribution >= 0.6 is 0 Å². The van der Waals surface area contributed by atoms with Gasteiger partial charge in [-0.05, 0) is 44.1 Å². The van der Waals surface area contributed by atoms with Crippen LogP contribution in [0, 0.1) is 6.92 Å². The molecule has 0 N–H and O–H groups in total. The van der Waals surface area contributed by atoms with E-state index in [2.05, 4.69) is 51.3 Å². The Morgan fingerprint density at radius 3 is 2.80 bits per heavy atom. The number of ether oxygens (including phenoxy) is 1. The quantitative estimate of drug-likeness (QED) is 0.804. The van der Waals surface area contributed by atoms with Gasteiger partial charge in [-0.2, -0.15) is 4.98 Å². The molecule has 2 fully saturated rings. The molecule has 0 radical (unpaired) electrons. The lowest BCUT2D eigenvalue weighted by atomic mass is 9.94. The maximum absolute atomic E-state index is 6.40. The summed E-state index contributed by atoms with van der Waals surface area (Å²) in [7, 11) is 2.06. The number of aryl methyl sites for hydroxylation is 1. The van der Waals surface area contributed by atoms with E-state index >= 15 is 0 Å². The fourth-order valence-corrected chi connectivity index (χ4v) is 4.01. The van der Waals surface area contributed by atoms with Crippen LogP contribution in [0.15, 0.2) is 28.8 Å². The zero-order chi connectivity index (χ0) is 17.3. The fraction of sp³-hybridized carbons (Fsp3) is 0.579. The second kappa shape index (κ2) is 6.77. The number of fused-ring (bicyclic) bond motifs is 2. The molecule has 2 aliphatic rings. The maximum atomic E-state index is 6.40. The van der Waals surface area contributed by atoms with Crippen LogP contribution in [-0.2, 0) is 13.1 Å². The molecule has 1 aromatic heterocycles. The Balaban J connectivity index is 1.34. The van der Waals surface area contributed by atoms with Crippen molar-refractivity contribution >= 4 is 0 Å². The Bertz CT molecular complexity index is 710. The molecule has 0 aliphatic carbocycles. The Morgan fingerprint density at radius 2 is 2.04 bits per heavy atom. The molecule has 2 bridgehead atoms. The summed E-state index contributed by atoms with van der Waals surface area (Å²) >= 11 is 0. The van der Waals surface area contributed by atoms with Crippen molar-refractivity contribution in [1.29, 1.82) is 0 Å². The number of benzene rings is 1. The Labute approximate surface area is 148 Å². The zero-order valence-electron chi connectivity index (χ0n) is 15.1. The molecule has 25 heavy (non-hydrogen) atoms. The van der Waals surface area contributed by atoms with E-state index in [1.807, 2.05) is 6.92 Å². The first-order chi connectivity index (χ1) is 12.1. The normalized spacial score (nSPS) is 25.5. The largest absolute Gasteiger partial charge is 0.486 e. The minimum atomic E-state index is 0.0487. The molecule has 6 heteroatoms. The molecule has 1 aromatic carbocycles. The minimum absolute atomic E-state index is 0.0487. The summed E-state index contributed by atoms with van der Waals surface area (Å²) in [6.45, 7) is 6.82. The van der Waals surface area contributed by atoms with Gasteiger partial charge in [-0.25, -0.2) is 0 Å². The number of aromatic nitrogens is 2. The number of nitrogens with zero attached hydrogens (tertiary/aromatic N) is 4. The molecular weight excluding hydrogens is 316 g/mol. The van der Waals surface area contributed by atoms with Crippen molar-refractivity contribution in [2.45, 2.75) is 44.9 Å². The Morgan fingerprint density at radius 1 is 1.20 bits per heavy atom. The van der Waals surface area contributed by atoms with Gasteiger partial charge in [0.15, 0.2) is 5.82 Å². The molecule has 0 spiro atoms. The summed E-state index contributed by atoms with van der Waals surface area (Å²) in [5.74, 6) is 2.32. The highest BCUT2D eigenvalue weighted by Crippen LogP contribution is 2.35. The third-order valence-corrected chi connectivity index (χ3v) is 5.19. The number of piperidine rings is 1. The third-order valence-electron chi connectivity index (χ3n) is 5.19. The minimum Gasteiger partial charge on any atom is -0.486 e. The Kier molecular flexibility index (Phi) is 4.48. The molecule has 3 heterocycles. The van der Waals surface area contributed by atoms with Crippen molar-refractivity contribution in [2.24, 2.45) is 0 Å². The van der Waals surface area contributed by atoms with Crippen molar-refractivity contribution in [3.05, 3.63) is 41.5 Å². The van der Waals surface area contributed by atoms with E-state index in [9.17, 15) is 0 Å². The van der Waals surface area contributed by atoms with Gasteiger partial charge < -0.3 is 9.26 Å².